The molecule has 31 heavy (non-hydrogen) atoms. The Morgan fingerprint density at radius 2 is 1.87 bits per heavy atom. The zero-order valence-corrected chi connectivity index (χ0v) is 18.2. The fraction of sp³-hybridized carbons (Fsp3) is 0.280. The van der Waals surface area contributed by atoms with Crippen molar-refractivity contribution in [3.63, 3.8) is 0 Å². The minimum Gasteiger partial charge on any atom is -0.364 e. The fourth-order valence-electron chi connectivity index (χ4n) is 3.68. The molecule has 3 aromatic rings. The van der Waals surface area contributed by atoms with E-state index < -0.39 is 0 Å². The van der Waals surface area contributed by atoms with E-state index in [0.717, 1.165) is 31.3 Å². The van der Waals surface area contributed by atoms with Gasteiger partial charge < -0.3 is 15.5 Å². The molecule has 0 spiro atoms. The van der Waals surface area contributed by atoms with Gasteiger partial charge in [0.25, 0.3) is 0 Å². The highest BCUT2D eigenvalue weighted by Crippen LogP contribution is 2.19. The van der Waals surface area contributed by atoms with Crippen LogP contribution in [0.5, 0.6) is 0 Å². The topological polar surface area (TPSA) is 57.5 Å². The Bertz CT molecular complexity index is 1030. The Balaban J connectivity index is 1.44. The first-order valence-corrected chi connectivity index (χ1v) is 10.9. The van der Waals surface area contributed by atoms with E-state index in [0.29, 0.717) is 6.54 Å². The Morgan fingerprint density at radius 3 is 2.65 bits per heavy atom. The molecule has 0 aliphatic carbocycles. The second kappa shape index (κ2) is 9.98. The van der Waals surface area contributed by atoms with Crippen molar-refractivity contribution in [3.8, 4) is 5.69 Å². The van der Waals surface area contributed by atoms with Crippen LogP contribution in [0.1, 0.15) is 31.0 Å². The van der Waals surface area contributed by atoms with Gasteiger partial charge in [0, 0.05) is 37.7 Å². The average Bonchev–Trinajstić information content (AvgIpc) is 3.52. The van der Waals surface area contributed by atoms with Crippen molar-refractivity contribution in [3.05, 3.63) is 90.3 Å². The molecule has 6 nitrogen and oxygen atoms in total. The molecule has 6 heteroatoms. The van der Waals surface area contributed by atoms with Gasteiger partial charge in [-0.25, -0.2) is 9.67 Å². The number of aliphatic imine (C=N–C) groups is 1. The third-order valence-corrected chi connectivity index (χ3v) is 5.35. The van der Waals surface area contributed by atoms with Gasteiger partial charge in [-0.15, -0.1) is 0 Å². The summed E-state index contributed by atoms with van der Waals surface area (Å²) in [7, 11) is 0. The number of rotatable bonds is 7. The fourth-order valence-corrected chi connectivity index (χ4v) is 3.68. The maximum absolute atomic E-state index is 4.83. The minimum atomic E-state index is 0.107. The van der Waals surface area contributed by atoms with Gasteiger partial charge in [0.1, 0.15) is 0 Å². The number of hydrogen-bond acceptors (Lipinski definition) is 3. The summed E-state index contributed by atoms with van der Waals surface area (Å²) in [6.45, 7) is 7.63. The molecule has 0 saturated heterocycles. The quantitative estimate of drug-likeness (QED) is 0.348. The first-order chi connectivity index (χ1) is 15.2. The number of anilines is 1. The maximum Gasteiger partial charge on any atom is 0.192 e. The van der Waals surface area contributed by atoms with Crippen LogP contribution >= 0.6 is 0 Å². The Hall–Kier alpha value is -3.54. The lowest BCUT2D eigenvalue weighted by Gasteiger charge is -2.20. The van der Waals surface area contributed by atoms with Gasteiger partial charge in [-0.1, -0.05) is 36.4 Å². The van der Waals surface area contributed by atoms with Crippen LogP contribution in [0, 0.1) is 0 Å². The van der Waals surface area contributed by atoms with Crippen LogP contribution < -0.4 is 15.5 Å². The number of aromatic nitrogens is 2. The molecular formula is C25H30N6. The summed E-state index contributed by atoms with van der Waals surface area (Å²) in [4.78, 5) is 7.18. The molecule has 1 aromatic heterocycles. The lowest BCUT2D eigenvalue weighted by atomic mass is 10.1. The van der Waals surface area contributed by atoms with E-state index in [-0.39, 0.29) is 6.04 Å². The third-order valence-electron chi connectivity index (χ3n) is 5.35. The molecular weight excluding hydrogens is 384 g/mol. The molecule has 1 unspecified atom stereocenters. The number of nitrogens with one attached hydrogen (secondary N) is 2. The van der Waals surface area contributed by atoms with Crippen molar-refractivity contribution >= 4 is 11.6 Å². The van der Waals surface area contributed by atoms with Gasteiger partial charge in [0.2, 0.25) is 0 Å². The van der Waals surface area contributed by atoms with Gasteiger partial charge in [-0.2, -0.15) is 5.10 Å². The summed E-state index contributed by atoms with van der Waals surface area (Å²) >= 11 is 0. The summed E-state index contributed by atoms with van der Waals surface area (Å²) in [6, 6.07) is 19.1. The second-order valence-corrected chi connectivity index (χ2v) is 7.65. The van der Waals surface area contributed by atoms with Crippen molar-refractivity contribution in [2.45, 2.75) is 26.4 Å². The van der Waals surface area contributed by atoms with Gasteiger partial charge in [0.05, 0.1) is 18.3 Å². The van der Waals surface area contributed by atoms with E-state index in [4.69, 9.17) is 4.99 Å². The summed E-state index contributed by atoms with van der Waals surface area (Å²) in [5.74, 6) is 0.813. The highest BCUT2D eigenvalue weighted by Gasteiger charge is 2.10. The minimum absolute atomic E-state index is 0.107. The van der Waals surface area contributed by atoms with E-state index in [2.05, 4.69) is 95.2 Å². The van der Waals surface area contributed by atoms with Gasteiger partial charge >= 0.3 is 0 Å². The molecule has 2 N–H and O–H groups in total. The molecule has 0 saturated carbocycles. The number of benzene rings is 2. The van der Waals surface area contributed by atoms with E-state index in [9.17, 15) is 0 Å². The first-order valence-electron chi connectivity index (χ1n) is 10.9. The SMILES string of the molecule is CCNC(=NCc1cccc(N2CC=CC2)c1)NC(C)c1cccc(-n2cccn2)c1. The highest BCUT2D eigenvalue weighted by atomic mass is 15.3. The predicted octanol–water partition coefficient (Wildman–Crippen LogP) is 4.06. The van der Waals surface area contributed by atoms with Crippen LogP contribution in [0.3, 0.4) is 0 Å². The second-order valence-electron chi connectivity index (χ2n) is 7.65. The number of hydrogen-bond donors (Lipinski definition) is 2. The van der Waals surface area contributed by atoms with Crippen molar-refractivity contribution in [1.29, 1.82) is 0 Å². The Labute approximate surface area is 184 Å². The Kier molecular flexibility index (Phi) is 6.67. The molecule has 2 heterocycles. The van der Waals surface area contributed by atoms with E-state index in [1.165, 1.54) is 16.8 Å². The molecule has 2 aromatic carbocycles. The standard InChI is InChI=1S/C25H30N6/c1-3-26-25(27-19-21-9-6-11-23(17-21)30-14-4-5-15-30)29-20(2)22-10-7-12-24(18-22)31-16-8-13-28-31/h4-13,16-18,20H,3,14-15,19H2,1-2H3,(H2,26,27,29). The lowest BCUT2D eigenvalue weighted by Crippen LogP contribution is -2.38. The smallest absolute Gasteiger partial charge is 0.192 e. The zero-order valence-electron chi connectivity index (χ0n) is 18.2. The molecule has 1 aliphatic heterocycles. The molecule has 0 fully saturated rings. The van der Waals surface area contributed by atoms with Crippen LogP contribution in [-0.2, 0) is 6.54 Å². The summed E-state index contributed by atoms with van der Waals surface area (Å²) in [6.07, 6.45) is 8.16. The summed E-state index contributed by atoms with van der Waals surface area (Å²) in [5.41, 5.74) is 4.68. The van der Waals surface area contributed by atoms with Crippen LogP contribution in [0.2, 0.25) is 0 Å². The van der Waals surface area contributed by atoms with Gasteiger partial charge in [-0.05, 0) is 55.3 Å². The van der Waals surface area contributed by atoms with Crippen LogP contribution in [0.15, 0.2) is 84.1 Å². The van der Waals surface area contributed by atoms with E-state index in [1.807, 2.05) is 16.9 Å². The lowest BCUT2D eigenvalue weighted by molar-refractivity contribution is 0.685. The number of guanidine groups is 1. The number of nitrogens with zero attached hydrogens (tertiary/aromatic N) is 4. The van der Waals surface area contributed by atoms with Crippen LogP contribution in [0.25, 0.3) is 5.69 Å². The maximum atomic E-state index is 4.83. The Morgan fingerprint density at radius 1 is 1.06 bits per heavy atom. The molecule has 4 rings (SSSR count). The molecule has 1 atom stereocenters. The van der Waals surface area contributed by atoms with Crippen molar-refractivity contribution in [2.24, 2.45) is 4.99 Å². The largest absolute Gasteiger partial charge is 0.364 e. The van der Waals surface area contributed by atoms with Crippen molar-refractivity contribution < 1.29 is 0 Å². The first kappa shape index (κ1) is 20.7. The average molecular weight is 415 g/mol. The van der Waals surface area contributed by atoms with E-state index in [1.54, 1.807) is 6.20 Å². The normalized spacial score (nSPS) is 14.6. The highest BCUT2D eigenvalue weighted by molar-refractivity contribution is 5.80. The third kappa shape index (κ3) is 5.34. The molecule has 0 radical (unpaired) electrons. The zero-order chi connectivity index (χ0) is 21.5. The van der Waals surface area contributed by atoms with Crippen molar-refractivity contribution in [1.82, 2.24) is 20.4 Å². The monoisotopic (exact) mass is 414 g/mol. The van der Waals surface area contributed by atoms with Crippen molar-refractivity contribution in [2.75, 3.05) is 24.5 Å². The summed E-state index contributed by atoms with van der Waals surface area (Å²) < 4.78 is 1.87. The van der Waals surface area contributed by atoms with Crippen LogP contribution in [0.4, 0.5) is 5.69 Å². The van der Waals surface area contributed by atoms with E-state index >= 15 is 0 Å². The molecule has 0 bridgehead atoms. The summed E-state index contributed by atoms with van der Waals surface area (Å²) in [5, 5.41) is 11.2. The molecule has 160 valence electrons. The predicted molar refractivity (Wildman–Crippen MR) is 128 cm³/mol. The van der Waals surface area contributed by atoms with Gasteiger partial charge in [0.15, 0.2) is 5.96 Å². The van der Waals surface area contributed by atoms with Gasteiger partial charge in [-0.3, -0.25) is 0 Å². The molecule has 1 aliphatic rings. The van der Waals surface area contributed by atoms with Crippen LogP contribution in [-0.4, -0.2) is 35.4 Å². The molecule has 0 amide bonds.